The van der Waals surface area contributed by atoms with Gasteiger partial charge in [0.15, 0.2) is 34.9 Å². The molecule has 8 aromatic carbocycles. The molecule has 0 saturated carbocycles. The number of halogens is 1. The van der Waals surface area contributed by atoms with Crippen molar-refractivity contribution in [1.29, 1.82) is 0 Å². The summed E-state index contributed by atoms with van der Waals surface area (Å²) < 4.78 is 25.3. The first-order valence-corrected chi connectivity index (χ1v) is 24.1. The van der Waals surface area contributed by atoms with Crippen molar-refractivity contribution < 1.29 is 18.1 Å². The average molecular weight is 959 g/mol. The van der Waals surface area contributed by atoms with Gasteiger partial charge in [0.05, 0.1) is 22.3 Å². The molecule has 0 unspecified atom stereocenters. The van der Waals surface area contributed by atoms with E-state index in [0.29, 0.717) is 40.0 Å². The molecule has 1 fully saturated rings. The molecule has 1 aliphatic rings. The van der Waals surface area contributed by atoms with Crippen LogP contribution in [0.2, 0.25) is 5.02 Å². The molecule has 5 heterocycles. The molecule has 13 rings (SSSR count). The van der Waals surface area contributed by atoms with Crippen LogP contribution in [0.4, 0.5) is 0 Å². The summed E-state index contributed by atoms with van der Waals surface area (Å²) in [6.07, 6.45) is 0. The summed E-state index contributed by atoms with van der Waals surface area (Å²) in [7, 11) is -0.465. The largest absolute Gasteiger partial charge is 0.494 e. The summed E-state index contributed by atoms with van der Waals surface area (Å²) in [6, 6.07) is 63.7. The van der Waals surface area contributed by atoms with E-state index in [0.717, 1.165) is 82.7 Å². The number of nitrogens with zero attached hydrogens (tertiary/aromatic N) is 6. The summed E-state index contributed by atoms with van der Waals surface area (Å²) >= 11 is 6.19. The van der Waals surface area contributed by atoms with Crippen LogP contribution in [0, 0.1) is 0 Å². The van der Waals surface area contributed by atoms with Gasteiger partial charge in [-0.25, -0.2) is 29.9 Å². The first kappa shape index (κ1) is 44.8. The molecular formula is C60H44BClN6O4. The maximum Gasteiger partial charge on any atom is 0.494 e. The van der Waals surface area contributed by atoms with Crippen molar-refractivity contribution in [3.63, 3.8) is 0 Å². The lowest BCUT2D eigenvalue weighted by Crippen LogP contribution is -2.41. The number of aromatic nitrogens is 6. The second-order valence-electron chi connectivity index (χ2n) is 18.6. The van der Waals surface area contributed by atoms with Gasteiger partial charge in [0.1, 0.15) is 22.3 Å². The van der Waals surface area contributed by atoms with Gasteiger partial charge in [-0.05, 0) is 63.5 Å². The first-order chi connectivity index (χ1) is 35.0. The van der Waals surface area contributed by atoms with Crippen molar-refractivity contribution in [3.8, 4) is 68.3 Å². The van der Waals surface area contributed by atoms with E-state index in [9.17, 15) is 0 Å². The van der Waals surface area contributed by atoms with Crippen LogP contribution in [0.5, 0.6) is 0 Å². The zero-order chi connectivity index (χ0) is 49.0. The lowest BCUT2D eigenvalue weighted by Gasteiger charge is -2.32. The number of benzene rings is 8. The van der Waals surface area contributed by atoms with E-state index in [1.807, 2.05) is 176 Å². The summed E-state index contributed by atoms with van der Waals surface area (Å²) in [6.45, 7) is 8.23. The number of hydrogen-bond donors (Lipinski definition) is 0. The summed E-state index contributed by atoms with van der Waals surface area (Å²) in [4.78, 5) is 29.1. The van der Waals surface area contributed by atoms with Gasteiger partial charge in [0, 0.05) is 54.9 Å². The van der Waals surface area contributed by atoms with E-state index >= 15 is 0 Å². The van der Waals surface area contributed by atoms with Crippen LogP contribution in [0.1, 0.15) is 27.7 Å². The Bertz CT molecular complexity index is 3830. The second kappa shape index (κ2) is 18.1. The maximum absolute atomic E-state index is 6.52. The highest BCUT2D eigenvalue weighted by atomic mass is 35.5. The van der Waals surface area contributed by atoms with Crippen LogP contribution >= 0.6 is 11.6 Å². The van der Waals surface area contributed by atoms with Crippen molar-refractivity contribution in [2.75, 3.05) is 0 Å². The average Bonchev–Trinajstić information content (AvgIpc) is 4.06. The SMILES string of the molecule is CC1(C)OB(c2ccc3c(c2)oc2c(-c4nc(-c5ccccc5)nc(-c5ccccc5)n4)cccc23)OC1(C)C.Clc1ccc2c(c1)oc1c(-c3nc(-c4ccccc4)nc(-c4ccccc4)n3)cccc12. The van der Waals surface area contributed by atoms with Crippen molar-refractivity contribution in [1.82, 2.24) is 29.9 Å². The third-order valence-corrected chi connectivity index (χ3v) is 13.6. The first-order valence-electron chi connectivity index (χ1n) is 23.7. The Labute approximate surface area is 420 Å². The molecule has 1 saturated heterocycles. The van der Waals surface area contributed by atoms with Crippen LogP contribution in [0.3, 0.4) is 0 Å². The molecule has 0 aliphatic carbocycles. The van der Waals surface area contributed by atoms with Gasteiger partial charge in [-0.3, -0.25) is 0 Å². The normalized spacial score (nSPS) is 14.0. The van der Waals surface area contributed by atoms with Crippen LogP contribution < -0.4 is 5.46 Å². The standard InChI is InChI=1S/C33H28BN3O3.C27H16ClN3O/c1-32(2)33(3,4)40-34(39-32)23-18-19-24-25-16-11-17-26(28(25)38-27(24)20-23)31-36-29(21-12-7-5-8-13-21)35-30(37-31)22-14-9-6-10-15-22;28-19-14-15-20-21-12-7-13-22(24(21)32-23(20)16-19)27-30-25(17-8-3-1-4-9-17)29-26(31-27)18-10-5-2-6-11-18/h5-20H,1-4H3;1-16H. The molecule has 12 aromatic rings. The predicted octanol–water partition coefficient (Wildman–Crippen LogP) is 14.5. The number of para-hydroxylation sites is 2. The maximum atomic E-state index is 6.52. The smallest absolute Gasteiger partial charge is 0.455 e. The molecular weight excluding hydrogens is 915 g/mol. The van der Waals surface area contributed by atoms with Crippen LogP contribution in [-0.2, 0) is 9.31 Å². The predicted molar refractivity (Wildman–Crippen MR) is 288 cm³/mol. The van der Waals surface area contributed by atoms with Crippen molar-refractivity contribution >= 4 is 68.1 Å². The molecule has 0 spiro atoms. The third kappa shape index (κ3) is 8.37. The molecule has 12 heteroatoms. The monoisotopic (exact) mass is 958 g/mol. The Morgan fingerprint density at radius 3 is 1.12 bits per heavy atom. The Morgan fingerprint density at radius 2 is 0.722 bits per heavy atom. The van der Waals surface area contributed by atoms with Gasteiger partial charge in [0.25, 0.3) is 0 Å². The number of hydrogen-bond acceptors (Lipinski definition) is 10. The minimum absolute atomic E-state index is 0.417. The van der Waals surface area contributed by atoms with Gasteiger partial charge >= 0.3 is 7.12 Å². The highest BCUT2D eigenvalue weighted by Gasteiger charge is 2.51. The Kier molecular flexibility index (Phi) is 11.3. The minimum atomic E-state index is -0.465. The van der Waals surface area contributed by atoms with Crippen LogP contribution in [0.25, 0.3) is 112 Å². The van der Waals surface area contributed by atoms with E-state index in [1.54, 1.807) is 0 Å². The van der Waals surface area contributed by atoms with E-state index in [2.05, 4.69) is 45.9 Å². The highest BCUT2D eigenvalue weighted by molar-refractivity contribution is 6.62. The highest BCUT2D eigenvalue weighted by Crippen LogP contribution is 2.40. The number of furan rings is 2. The number of fused-ring (bicyclic) bond motifs is 6. The fourth-order valence-corrected chi connectivity index (χ4v) is 9.09. The van der Waals surface area contributed by atoms with E-state index in [4.69, 9.17) is 59.6 Å². The lowest BCUT2D eigenvalue weighted by atomic mass is 9.79. The third-order valence-electron chi connectivity index (χ3n) is 13.4. The molecule has 348 valence electrons. The summed E-state index contributed by atoms with van der Waals surface area (Å²) in [5.74, 6) is 3.58. The molecule has 0 amide bonds. The Morgan fingerprint density at radius 1 is 0.361 bits per heavy atom. The van der Waals surface area contributed by atoms with Gasteiger partial charge in [-0.2, -0.15) is 0 Å². The molecule has 0 bridgehead atoms. The fourth-order valence-electron chi connectivity index (χ4n) is 8.92. The van der Waals surface area contributed by atoms with Crippen molar-refractivity contribution in [2.45, 2.75) is 38.9 Å². The van der Waals surface area contributed by atoms with Gasteiger partial charge in [-0.15, -0.1) is 0 Å². The van der Waals surface area contributed by atoms with Crippen LogP contribution in [-0.4, -0.2) is 48.2 Å². The topological polar surface area (TPSA) is 122 Å². The molecule has 1 aliphatic heterocycles. The lowest BCUT2D eigenvalue weighted by molar-refractivity contribution is 0.00578. The summed E-state index contributed by atoms with van der Waals surface area (Å²) in [5, 5.41) is 4.65. The summed E-state index contributed by atoms with van der Waals surface area (Å²) in [5.41, 5.74) is 8.36. The quantitative estimate of drug-likeness (QED) is 0.143. The second-order valence-corrected chi connectivity index (χ2v) is 19.1. The number of rotatable bonds is 7. The van der Waals surface area contributed by atoms with Gasteiger partial charge < -0.3 is 18.1 Å². The van der Waals surface area contributed by atoms with Crippen molar-refractivity contribution in [3.05, 3.63) is 199 Å². The van der Waals surface area contributed by atoms with E-state index < -0.39 is 18.3 Å². The Balaban J connectivity index is 0.000000151. The fraction of sp³-hybridized carbons (Fsp3) is 0.100. The minimum Gasteiger partial charge on any atom is -0.455 e. The van der Waals surface area contributed by atoms with Gasteiger partial charge in [0.2, 0.25) is 0 Å². The van der Waals surface area contributed by atoms with Crippen LogP contribution in [0.15, 0.2) is 203 Å². The molecule has 72 heavy (non-hydrogen) atoms. The molecule has 10 nitrogen and oxygen atoms in total. The van der Waals surface area contributed by atoms with Gasteiger partial charge in [-0.1, -0.05) is 169 Å². The zero-order valence-electron chi connectivity index (χ0n) is 39.7. The van der Waals surface area contributed by atoms with E-state index in [1.165, 1.54) is 0 Å². The molecule has 4 aromatic heterocycles. The Hall–Kier alpha value is -8.35. The molecule has 0 atom stereocenters. The molecule has 0 N–H and O–H groups in total. The molecule has 0 radical (unpaired) electrons. The van der Waals surface area contributed by atoms with Crippen molar-refractivity contribution in [2.24, 2.45) is 0 Å². The zero-order valence-corrected chi connectivity index (χ0v) is 40.5. The van der Waals surface area contributed by atoms with E-state index in [-0.39, 0.29) is 0 Å².